The molecular formula is C21H29N3O3S. The SMILES string of the molecule is Cc1ccc(C)c(S(=O)(=O)NCCC(=O)NCc2ccc(CN(C)C)cc2)c1. The number of sulfonamides is 1. The van der Waals surface area contributed by atoms with Crippen LogP contribution in [0.2, 0.25) is 0 Å². The Morgan fingerprint density at radius 2 is 1.64 bits per heavy atom. The molecule has 0 bridgehead atoms. The maximum Gasteiger partial charge on any atom is 0.240 e. The maximum absolute atomic E-state index is 12.4. The number of carbonyl (C=O) groups is 1. The lowest BCUT2D eigenvalue weighted by molar-refractivity contribution is -0.121. The maximum atomic E-state index is 12.4. The van der Waals surface area contributed by atoms with Crippen molar-refractivity contribution in [2.75, 3.05) is 20.6 Å². The smallest absolute Gasteiger partial charge is 0.240 e. The van der Waals surface area contributed by atoms with E-state index >= 15 is 0 Å². The van der Waals surface area contributed by atoms with Gasteiger partial charge in [0.1, 0.15) is 0 Å². The van der Waals surface area contributed by atoms with Crippen LogP contribution in [0.15, 0.2) is 47.4 Å². The molecule has 0 fully saturated rings. The minimum atomic E-state index is -3.62. The van der Waals surface area contributed by atoms with Crippen LogP contribution < -0.4 is 10.0 Å². The molecule has 7 heteroatoms. The number of rotatable bonds is 9. The third-order valence-corrected chi connectivity index (χ3v) is 5.89. The van der Waals surface area contributed by atoms with Crippen LogP contribution in [0.25, 0.3) is 0 Å². The molecule has 0 saturated heterocycles. The number of hydrogen-bond donors (Lipinski definition) is 2. The Morgan fingerprint density at radius 1 is 1.00 bits per heavy atom. The molecule has 0 spiro atoms. The summed E-state index contributed by atoms with van der Waals surface area (Å²) in [6.45, 7) is 4.95. The number of nitrogens with zero attached hydrogens (tertiary/aromatic N) is 1. The van der Waals surface area contributed by atoms with Crippen LogP contribution in [0.4, 0.5) is 0 Å². The quantitative estimate of drug-likeness (QED) is 0.674. The van der Waals surface area contributed by atoms with Gasteiger partial charge in [0.25, 0.3) is 0 Å². The van der Waals surface area contributed by atoms with Crippen LogP contribution in [-0.4, -0.2) is 39.9 Å². The molecule has 152 valence electrons. The highest BCUT2D eigenvalue weighted by molar-refractivity contribution is 7.89. The number of carbonyl (C=O) groups excluding carboxylic acids is 1. The molecule has 0 heterocycles. The van der Waals surface area contributed by atoms with E-state index in [2.05, 4.69) is 14.9 Å². The molecule has 2 aromatic carbocycles. The Hall–Kier alpha value is -2.22. The van der Waals surface area contributed by atoms with Gasteiger partial charge in [0.05, 0.1) is 4.90 Å². The summed E-state index contributed by atoms with van der Waals surface area (Å²) >= 11 is 0. The van der Waals surface area contributed by atoms with Gasteiger partial charge in [-0.2, -0.15) is 0 Å². The predicted octanol–water partition coefficient (Wildman–Crippen LogP) is 2.35. The van der Waals surface area contributed by atoms with Gasteiger partial charge in [-0.15, -0.1) is 0 Å². The molecule has 0 aliphatic rings. The van der Waals surface area contributed by atoms with Crippen molar-refractivity contribution in [3.63, 3.8) is 0 Å². The Morgan fingerprint density at radius 3 is 2.29 bits per heavy atom. The minimum Gasteiger partial charge on any atom is -0.352 e. The van der Waals surface area contributed by atoms with Gasteiger partial charge in [-0.05, 0) is 56.3 Å². The Kier molecular flexibility index (Phi) is 7.74. The highest BCUT2D eigenvalue weighted by Gasteiger charge is 2.16. The second kappa shape index (κ2) is 9.82. The molecule has 0 aliphatic carbocycles. The number of aryl methyl sites for hydroxylation is 2. The average Bonchev–Trinajstić information content (AvgIpc) is 2.62. The van der Waals surface area contributed by atoms with E-state index in [4.69, 9.17) is 0 Å². The highest BCUT2D eigenvalue weighted by atomic mass is 32.2. The van der Waals surface area contributed by atoms with E-state index in [-0.39, 0.29) is 23.8 Å². The van der Waals surface area contributed by atoms with Crippen molar-refractivity contribution >= 4 is 15.9 Å². The zero-order valence-electron chi connectivity index (χ0n) is 17.0. The monoisotopic (exact) mass is 403 g/mol. The van der Waals surface area contributed by atoms with Gasteiger partial charge in [-0.3, -0.25) is 4.79 Å². The molecule has 0 saturated carbocycles. The third-order valence-electron chi connectivity index (χ3n) is 4.29. The molecule has 0 aliphatic heterocycles. The topological polar surface area (TPSA) is 78.5 Å². The van der Waals surface area contributed by atoms with E-state index in [0.717, 1.165) is 17.7 Å². The summed E-state index contributed by atoms with van der Waals surface area (Å²) in [5.74, 6) is -0.193. The summed E-state index contributed by atoms with van der Waals surface area (Å²) < 4.78 is 27.4. The molecule has 0 aromatic heterocycles. The summed E-state index contributed by atoms with van der Waals surface area (Å²) in [6, 6.07) is 13.3. The number of hydrogen-bond acceptors (Lipinski definition) is 4. The van der Waals surface area contributed by atoms with Crippen LogP contribution in [0, 0.1) is 13.8 Å². The summed E-state index contributed by atoms with van der Waals surface area (Å²) in [5, 5.41) is 2.82. The average molecular weight is 404 g/mol. The molecule has 0 radical (unpaired) electrons. The van der Waals surface area contributed by atoms with Crippen molar-refractivity contribution in [3.05, 3.63) is 64.7 Å². The second-order valence-corrected chi connectivity index (χ2v) is 8.98. The highest BCUT2D eigenvalue weighted by Crippen LogP contribution is 2.16. The lowest BCUT2D eigenvalue weighted by Crippen LogP contribution is -2.31. The fraction of sp³-hybridized carbons (Fsp3) is 0.381. The lowest BCUT2D eigenvalue weighted by Gasteiger charge is -2.11. The fourth-order valence-corrected chi connectivity index (χ4v) is 4.15. The Bertz CT molecular complexity index is 907. The van der Waals surface area contributed by atoms with E-state index < -0.39 is 10.0 Å². The van der Waals surface area contributed by atoms with Crippen LogP contribution in [0.5, 0.6) is 0 Å². The van der Waals surface area contributed by atoms with Crippen molar-refractivity contribution in [3.8, 4) is 0 Å². The molecule has 0 atom stereocenters. The number of nitrogens with one attached hydrogen (secondary N) is 2. The first kappa shape index (κ1) is 22.1. The minimum absolute atomic E-state index is 0.0589. The molecule has 28 heavy (non-hydrogen) atoms. The van der Waals surface area contributed by atoms with Crippen molar-refractivity contribution in [1.29, 1.82) is 0 Å². The van der Waals surface area contributed by atoms with Crippen LogP contribution in [-0.2, 0) is 27.9 Å². The zero-order chi connectivity index (χ0) is 20.7. The summed E-state index contributed by atoms with van der Waals surface area (Å²) in [7, 11) is 0.408. The Labute approximate surface area is 168 Å². The Balaban J connectivity index is 1.80. The largest absolute Gasteiger partial charge is 0.352 e. The van der Waals surface area contributed by atoms with Crippen LogP contribution in [0.1, 0.15) is 28.7 Å². The lowest BCUT2D eigenvalue weighted by atomic mass is 10.1. The van der Waals surface area contributed by atoms with Crippen molar-refractivity contribution < 1.29 is 13.2 Å². The van der Waals surface area contributed by atoms with Gasteiger partial charge in [0.15, 0.2) is 0 Å². The summed E-state index contributed by atoms with van der Waals surface area (Å²) in [5.41, 5.74) is 3.77. The van der Waals surface area contributed by atoms with Gasteiger partial charge in [0, 0.05) is 26.1 Å². The van der Waals surface area contributed by atoms with Crippen molar-refractivity contribution in [2.24, 2.45) is 0 Å². The summed E-state index contributed by atoms with van der Waals surface area (Å²) in [6.07, 6.45) is 0.0861. The predicted molar refractivity (Wildman–Crippen MR) is 111 cm³/mol. The number of benzene rings is 2. The van der Waals surface area contributed by atoms with Crippen LogP contribution >= 0.6 is 0 Å². The van der Waals surface area contributed by atoms with Gasteiger partial charge >= 0.3 is 0 Å². The van der Waals surface area contributed by atoms with E-state index in [9.17, 15) is 13.2 Å². The normalized spacial score (nSPS) is 11.6. The van der Waals surface area contributed by atoms with E-state index in [0.29, 0.717) is 12.1 Å². The fourth-order valence-electron chi connectivity index (χ4n) is 2.79. The third kappa shape index (κ3) is 6.74. The van der Waals surface area contributed by atoms with Gasteiger partial charge < -0.3 is 10.2 Å². The number of amides is 1. The first-order valence-electron chi connectivity index (χ1n) is 9.23. The van der Waals surface area contributed by atoms with E-state index in [1.807, 2.05) is 51.4 Å². The van der Waals surface area contributed by atoms with Crippen LogP contribution in [0.3, 0.4) is 0 Å². The zero-order valence-corrected chi connectivity index (χ0v) is 17.8. The second-order valence-electron chi connectivity index (χ2n) is 7.25. The molecule has 0 unspecified atom stereocenters. The van der Waals surface area contributed by atoms with Crippen molar-refractivity contribution in [1.82, 2.24) is 14.9 Å². The van der Waals surface area contributed by atoms with Gasteiger partial charge in [-0.1, -0.05) is 36.4 Å². The van der Waals surface area contributed by atoms with Gasteiger partial charge in [0.2, 0.25) is 15.9 Å². The molecule has 1 amide bonds. The first-order chi connectivity index (χ1) is 13.2. The molecule has 2 aromatic rings. The van der Waals surface area contributed by atoms with Gasteiger partial charge in [-0.25, -0.2) is 13.1 Å². The van der Waals surface area contributed by atoms with E-state index in [1.54, 1.807) is 19.1 Å². The molecule has 6 nitrogen and oxygen atoms in total. The summed E-state index contributed by atoms with van der Waals surface area (Å²) in [4.78, 5) is 14.4. The standard InChI is InChI=1S/C21H29N3O3S/c1-16-5-6-17(2)20(13-16)28(26,27)23-12-11-21(25)22-14-18-7-9-19(10-8-18)15-24(3)4/h5-10,13,23H,11-12,14-15H2,1-4H3,(H,22,25). The van der Waals surface area contributed by atoms with E-state index in [1.165, 1.54) is 5.56 Å². The first-order valence-corrected chi connectivity index (χ1v) is 10.7. The molecular weight excluding hydrogens is 374 g/mol. The molecule has 2 rings (SSSR count). The molecule has 2 N–H and O–H groups in total. The van der Waals surface area contributed by atoms with Crippen molar-refractivity contribution in [2.45, 2.75) is 38.3 Å².